The quantitative estimate of drug-likeness (QED) is 0.605. The van der Waals surface area contributed by atoms with Crippen LogP contribution in [0.5, 0.6) is 23.0 Å². The molecule has 27 heavy (non-hydrogen) atoms. The van der Waals surface area contributed by atoms with Crippen LogP contribution in [0, 0.1) is 24.7 Å². The molecule has 5 heteroatoms. The molecule has 0 bridgehead atoms. The van der Waals surface area contributed by atoms with Crippen LogP contribution in [0.15, 0.2) is 60.7 Å². The Kier molecular flexibility index (Phi) is 4.12. The number of rotatable bonds is 4. The van der Waals surface area contributed by atoms with Crippen molar-refractivity contribution in [2.24, 2.45) is 0 Å². The Morgan fingerprint density at radius 3 is 1.44 bits per heavy atom. The summed E-state index contributed by atoms with van der Waals surface area (Å²) in [5, 5.41) is 18.9. The summed E-state index contributed by atoms with van der Waals surface area (Å²) in [5.74, 6) is 2.83. The summed E-state index contributed by atoms with van der Waals surface area (Å²) >= 11 is 0. The standard InChI is InChI=1S/C22H19N3O2/c1-13-7-3-5-9-17(13)26-19-11-15-16(22(24)25-21(15)23)12-20(19)27-18-10-6-4-8-14(18)2/h3-12H,1-2H3,(H3,23,24,25). The zero-order valence-corrected chi connectivity index (χ0v) is 15.1. The van der Waals surface area contributed by atoms with Gasteiger partial charge in [-0.05, 0) is 49.2 Å². The summed E-state index contributed by atoms with van der Waals surface area (Å²) in [6.07, 6.45) is 0. The zero-order valence-electron chi connectivity index (χ0n) is 15.1. The summed E-state index contributed by atoms with van der Waals surface area (Å²) in [6, 6.07) is 19.0. The van der Waals surface area contributed by atoms with E-state index in [1.54, 1.807) is 12.1 Å². The van der Waals surface area contributed by atoms with E-state index >= 15 is 0 Å². The van der Waals surface area contributed by atoms with Gasteiger partial charge in [0.15, 0.2) is 11.5 Å². The molecule has 0 unspecified atom stereocenters. The fourth-order valence-corrected chi connectivity index (χ4v) is 2.97. The van der Waals surface area contributed by atoms with Crippen molar-refractivity contribution in [2.75, 3.05) is 0 Å². The fraction of sp³-hybridized carbons (Fsp3) is 0.0909. The second-order valence-corrected chi connectivity index (χ2v) is 6.45. The Hall–Kier alpha value is -3.60. The van der Waals surface area contributed by atoms with Crippen LogP contribution in [0.3, 0.4) is 0 Å². The van der Waals surface area contributed by atoms with Crippen molar-refractivity contribution >= 4 is 11.7 Å². The molecule has 0 saturated carbocycles. The fourth-order valence-electron chi connectivity index (χ4n) is 2.97. The van der Waals surface area contributed by atoms with E-state index in [1.807, 2.05) is 62.4 Å². The van der Waals surface area contributed by atoms with Crippen LogP contribution in [0.4, 0.5) is 0 Å². The SMILES string of the molecule is Cc1ccccc1Oc1cc2c(cc1Oc1ccccc1C)C(=N)NC2=N. The first-order valence-corrected chi connectivity index (χ1v) is 8.63. The first-order valence-electron chi connectivity index (χ1n) is 8.63. The highest BCUT2D eigenvalue weighted by atomic mass is 16.5. The van der Waals surface area contributed by atoms with Crippen LogP contribution >= 0.6 is 0 Å². The van der Waals surface area contributed by atoms with Crippen molar-refractivity contribution in [2.45, 2.75) is 13.8 Å². The van der Waals surface area contributed by atoms with E-state index in [0.29, 0.717) is 22.6 Å². The molecule has 1 aliphatic heterocycles. The number of amidine groups is 2. The molecule has 1 heterocycles. The largest absolute Gasteiger partial charge is 0.453 e. The molecule has 3 aromatic rings. The monoisotopic (exact) mass is 357 g/mol. The minimum Gasteiger partial charge on any atom is -0.453 e. The Bertz CT molecular complexity index is 988. The molecule has 1 aliphatic rings. The molecule has 0 spiro atoms. The van der Waals surface area contributed by atoms with E-state index in [4.69, 9.17) is 20.3 Å². The van der Waals surface area contributed by atoms with Gasteiger partial charge in [0, 0.05) is 11.1 Å². The molecule has 0 atom stereocenters. The molecule has 3 aromatic carbocycles. The Balaban J connectivity index is 1.82. The highest BCUT2D eigenvalue weighted by Crippen LogP contribution is 2.39. The molecule has 0 radical (unpaired) electrons. The molecule has 0 aromatic heterocycles. The lowest BCUT2D eigenvalue weighted by molar-refractivity contribution is 0.415. The van der Waals surface area contributed by atoms with Crippen LogP contribution in [0.25, 0.3) is 0 Å². The second-order valence-electron chi connectivity index (χ2n) is 6.45. The van der Waals surface area contributed by atoms with E-state index in [9.17, 15) is 0 Å². The third kappa shape index (κ3) is 3.15. The van der Waals surface area contributed by atoms with Crippen LogP contribution in [-0.2, 0) is 0 Å². The van der Waals surface area contributed by atoms with Gasteiger partial charge in [0.2, 0.25) is 0 Å². The maximum Gasteiger partial charge on any atom is 0.170 e. The first kappa shape index (κ1) is 16.8. The number of hydrogen-bond donors (Lipinski definition) is 3. The molecule has 0 saturated heterocycles. The second kappa shape index (κ2) is 6.61. The van der Waals surface area contributed by atoms with Crippen molar-refractivity contribution in [1.29, 1.82) is 10.8 Å². The van der Waals surface area contributed by atoms with Gasteiger partial charge in [-0.1, -0.05) is 36.4 Å². The van der Waals surface area contributed by atoms with E-state index < -0.39 is 0 Å². The lowest BCUT2D eigenvalue weighted by Crippen LogP contribution is -2.20. The summed E-state index contributed by atoms with van der Waals surface area (Å²) in [4.78, 5) is 0. The molecular weight excluding hydrogens is 338 g/mol. The van der Waals surface area contributed by atoms with Crippen molar-refractivity contribution in [3.05, 3.63) is 82.9 Å². The molecule has 4 rings (SSSR count). The molecule has 5 nitrogen and oxygen atoms in total. The lowest BCUT2D eigenvalue weighted by atomic mass is 10.1. The molecule has 0 amide bonds. The third-order valence-electron chi connectivity index (χ3n) is 4.50. The average molecular weight is 357 g/mol. The zero-order chi connectivity index (χ0) is 19.0. The molecule has 0 fully saturated rings. The Labute approximate surface area is 157 Å². The molecule has 3 N–H and O–H groups in total. The van der Waals surface area contributed by atoms with Crippen molar-refractivity contribution in [3.8, 4) is 23.0 Å². The normalized spacial score (nSPS) is 12.5. The van der Waals surface area contributed by atoms with Crippen molar-refractivity contribution < 1.29 is 9.47 Å². The van der Waals surface area contributed by atoms with Crippen LogP contribution in [-0.4, -0.2) is 11.7 Å². The van der Waals surface area contributed by atoms with Gasteiger partial charge in [0.1, 0.15) is 23.2 Å². The van der Waals surface area contributed by atoms with Crippen LogP contribution in [0.2, 0.25) is 0 Å². The number of hydrogen-bond acceptors (Lipinski definition) is 4. The Morgan fingerprint density at radius 2 is 1.04 bits per heavy atom. The summed E-state index contributed by atoms with van der Waals surface area (Å²) in [6.45, 7) is 3.95. The van der Waals surface area contributed by atoms with E-state index in [0.717, 1.165) is 22.6 Å². The van der Waals surface area contributed by atoms with Gasteiger partial charge in [0.25, 0.3) is 0 Å². The minimum absolute atomic E-state index is 0.187. The maximum atomic E-state index is 8.06. The molecular formula is C22H19N3O2. The van der Waals surface area contributed by atoms with Gasteiger partial charge < -0.3 is 14.8 Å². The van der Waals surface area contributed by atoms with E-state index in [1.165, 1.54) is 0 Å². The number of ether oxygens (including phenoxy) is 2. The average Bonchev–Trinajstić information content (AvgIpc) is 2.92. The smallest absolute Gasteiger partial charge is 0.170 e. The highest BCUT2D eigenvalue weighted by molar-refractivity contribution is 6.23. The lowest BCUT2D eigenvalue weighted by Gasteiger charge is -2.16. The number of benzene rings is 3. The molecule has 134 valence electrons. The van der Waals surface area contributed by atoms with Gasteiger partial charge in [0.05, 0.1) is 0 Å². The summed E-state index contributed by atoms with van der Waals surface area (Å²) < 4.78 is 12.3. The first-order chi connectivity index (χ1) is 13.0. The Morgan fingerprint density at radius 1 is 0.630 bits per heavy atom. The van der Waals surface area contributed by atoms with Crippen molar-refractivity contribution in [3.63, 3.8) is 0 Å². The van der Waals surface area contributed by atoms with Crippen molar-refractivity contribution in [1.82, 2.24) is 5.32 Å². The predicted octanol–water partition coefficient (Wildman–Crippen LogP) is 5.14. The van der Waals surface area contributed by atoms with E-state index in [-0.39, 0.29) is 11.7 Å². The predicted molar refractivity (Wildman–Crippen MR) is 106 cm³/mol. The van der Waals surface area contributed by atoms with Crippen LogP contribution < -0.4 is 14.8 Å². The van der Waals surface area contributed by atoms with Crippen LogP contribution in [0.1, 0.15) is 22.3 Å². The van der Waals surface area contributed by atoms with Gasteiger partial charge >= 0.3 is 0 Å². The summed E-state index contributed by atoms with van der Waals surface area (Å²) in [5.41, 5.74) is 3.25. The maximum absolute atomic E-state index is 8.06. The number of nitrogens with one attached hydrogen (secondary N) is 3. The summed E-state index contributed by atoms with van der Waals surface area (Å²) in [7, 11) is 0. The topological polar surface area (TPSA) is 78.2 Å². The van der Waals surface area contributed by atoms with Gasteiger partial charge in [-0.3, -0.25) is 10.8 Å². The number of aryl methyl sites for hydroxylation is 2. The van der Waals surface area contributed by atoms with Gasteiger partial charge in [-0.25, -0.2) is 0 Å². The highest BCUT2D eigenvalue weighted by Gasteiger charge is 2.25. The van der Waals surface area contributed by atoms with E-state index in [2.05, 4.69) is 5.32 Å². The number of para-hydroxylation sites is 2. The molecule has 0 aliphatic carbocycles. The van der Waals surface area contributed by atoms with Gasteiger partial charge in [-0.15, -0.1) is 0 Å². The number of fused-ring (bicyclic) bond motifs is 1. The van der Waals surface area contributed by atoms with Gasteiger partial charge in [-0.2, -0.15) is 0 Å². The minimum atomic E-state index is 0.187. The third-order valence-corrected chi connectivity index (χ3v) is 4.50.